The summed E-state index contributed by atoms with van der Waals surface area (Å²) in [6, 6.07) is 6.41. The Hall–Kier alpha value is -1.93. The number of ether oxygens (including phenoxy) is 1. The molecule has 1 saturated heterocycles. The molecule has 25 heavy (non-hydrogen) atoms. The molecule has 8 heteroatoms. The monoisotopic (exact) mass is 368 g/mol. The third kappa shape index (κ3) is 5.54. The number of likely N-dealkylation sites (tertiary alicyclic amines) is 1. The fraction of sp³-hybridized carbons (Fsp3) is 0.529. The molecule has 0 spiro atoms. The van der Waals surface area contributed by atoms with Gasteiger partial charge in [-0.25, -0.2) is 8.42 Å². The fourth-order valence-corrected chi connectivity index (χ4v) is 3.67. The molecule has 0 unspecified atom stereocenters. The highest BCUT2D eigenvalue weighted by Gasteiger charge is 2.24. The van der Waals surface area contributed by atoms with Gasteiger partial charge in [0.25, 0.3) is 5.91 Å². The van der Waals surface area contributed by atoms with E-state index in [0.29, 0.717) is 6.54 Å². The van der Waals surface area contributed by atoms with Gasteiger partial charge in [-0.1, -0.05) is 17.7 Å². The van der Waals surface area contributed by atoms with Crippen molar-refractivity contribution in [1.82, 2.24) is 9.62 Å². The topological polar surface area (TPSA) is 92.8 Å². The summed E-state index contributed by atoms with van der Waals surface area (Å²) in [6.45, 7) is 3.60. The van der Waals surface area contributed by atoms with E-state index in [2.05, 4.69) is 4.72 Å². The summed E-state index contributed by atoms with van der Waals surface area (Å²) in [6.07, 6.45) is 2.97. The zero-order valence-corrected chi connectivity index (χ0v) is 15.3. The van der Waals surface area contributed by atoms with Crippen molar-refractivity contribution in [1.29, 1.82) is 0 Å². The number of nitrogens with zero attached hydrogens (tertiary/aromatic N) is 1. The number of nitrogens with one attached hydrogen (secondary N) is 1. The molecule has 7 nitrogen and oxygen atoms in total. The lowest BCUT2D eigenvalue weighted by Gasteiger charge is -2.33. The third-order valence-corrected chi connectivity index (χ3v) is 5.63. The quantitative estimate of drug-likeness (QED) is 0.762. The molecular weight excluding hydrogens is 344 g/mol. The van der Waals surface area contributed by atoms with Crippen LogP contribution in [0.15, 0.2) is 29.2 Å². The second-order valence-corrected chi connectivity index (χ2v) is 8.00. The van der Waals surface area contributed by atoms with E-state index >= 15 is 0 Å². The SMILES string of the molecule is Cc1ccc(S(=O)(=O)NCC(=O)OCC(=O)N2CCCC[C@@H]2C)cc1. The van der Waals surface area contributed by atoms with Crippen LogP contribution in [0.4, 0.5) is 0 Å². The first-order valence-corrected chi connectivity index (χ1v) is 9.79. The van der Waals surface area contributed by atoms with Crippen LogP contribution < -0.4 is 4.72 Å². The van der Waals surface area contributed by atoms with Crippen LogP contribution in [-0.2, 0) is 24.3 Å². The summed E-state index contributed by atoms with van der Waals surface area (Å²) < 4.78 is 31.2. The van der Waals surface area contributed by atoms with E-state index in [-0.39, 0.29) is 23.5 Å². The molecular formula is C17H24N2O5S. The third-order valence-electron chi connectivity index (χ3n) is 4.22. The summed E-state index contributed by atoms with van der Waals surface area (Å²) in [7, 11) is -3.79. The van der Waals surface area contributed by atoms with Gasteiger partial charge in [-0.15, -0.1) is 0 Å². The molecule has 1 aliphatic heterocycles. The largest absolute Gasteiger partial charge is 0.455 e. The summed E-state index contributed by atoms with van der Waals surface area (Å²) in [4.78, 5) is 25.6. The molecule has 1 aromatic rings. The number of hydrogen-bond donors (Lipinski definition) is 1. The number of rotatable bonds is 6. The number of hydrogen-bond acceptors (Lipinski definition) is 5. The Balaban J connectivity index is 1.80. The van der Waals surface area contributed by atoms with E-state index in [4.69, 9.17) is 4.74 Å². The average Bonchev–Trinajstić information content (AvgIpc) is 2.59. The molecule has 0 bridgehead atoms. The maximum Gasteiger partial charge on any atom is 0.321 e. The maximum atomic E-state index is 12.1. The molecule has 138 valence electrons. The Morgan fingerprint density at radius 3 is 2.56 bits per heavy atom. The van der Waals surface area contributed by atoms with Gasteiger partial charge in [-0.05, 0) is 45.2 Å². The van der Waals surface area contributed by atoms with E-state index in [9.17, 15) is 18.0 Å². The lowest BCUT2D eigenvalue weighted by Crippen LogP contribution is -2.44. The van der Waals surface area contributed by atoms with Crippen LogP contribution in [-0.4, -0.2) is 50.9 Å². The number of sulfonamides is 1. The van der Waals surface area contributed by atoms with E-state index in [1.165, 1.54) is 12.1 Å². The molecule has 1 amide bonds. The zero-order chi connectivity index (χ0) is 18.4. The molecule has 1 aliphatic rings. The van der Waals surface area contributed by atoms with Crippen molar-refractivity contribution in [3.05, 3.63) is 29.8 Å². The van der Waals surface area contributed by atoms with Gasteiger partial charge in [-0.2, -0.15) is 4.72 Å². The van der Waals surface area contributed by atoms with E-state index in [0.717, 1.165) is 24.8 Å². The Morgan fingerprint density at radius 2 is 1.92 bits per heavy atom. The van der Waals surface area contributed by atoms with Crippen LogP contribution in [0.3, 0.4) is 0 Å². The van der Waals surface area contributed by atoms with Crippen molar-refractivity contribution >= 4 is 21.9 Å². The van der Waals surface area contributed by atoms with Gasteiger partial charge >= 0.3 is 5.97 Å². The molecule has 1 heterocycles. The molecule has 2 rings (SSSR count). The minimum absolute atomic E-state index is 0.0733. The Labute approximate surface area is 148 Å². The summed E-state index contributed by atoms with van der Waals surface area (Å²) in [5.74, 6) is -1.03. The molecule has 0 aliphatic carbocycles. The van der Waals surface area contributed by atoms with Crippen LogP contribution in [0.2, 0.25) is 0 Å². The van der Waals surface area contributed by atoms with E-state index in [1.807, 2.05) is 13.8 Å². The maximum absolute atomic E-state index is 12.1. The van der Waals surface area contributed by atoms with Gasteiger partial charge in [0.15, 0.2) is 6.61 Å². The molecule has 1 aromatic carbocycles. The van der Waals surface area contributed by atoms with Crippen LogP contribution >= 0.6 is 0 Å². The van der Waals surface area contributed by atoms with Crippen LogP contribution in [0.25, 0.3) is 0 Å². The highest BCUT2D eigenvalue weighted by molar-refractivity contribution is 7.89. The predicted octanol–water partition coefficient (Wildman–Crippen LogP) is 1.22. The summed E-state index contributed by atoms with van der Waals surface area (Å²) in [5, 5.41) is 0. The van der Waals surface area contributed by atoms with Crippen LogP contribution in [0, 0.1) is 6.92 Å². The zero-order valence-electron chi connectivity index (χ0n) is 14.5. The van der Waals surface area contributed by atoms with Crippen molar-refractivity contribution < 1.29 is 22.7 Å². The van der Waals surface area contributed by atoms with Crippen molar-refractivity contribution in [2.75, 3.05) is 19.7 Å². The number of piperidine rings is 1. The predicted molar refractivity (Wildman–Crippen MR) is 92.4 cm³/mol. The summed E-state index contributed by atoms with van der Waals surface area (Å²) in [5.41, 5.74) is 0.934. The van der Waals surface area contributed by atoms with E-state index in [1.54, 1.807) is 17.0 Å². The number of carbonyl (C=O) groups excluding carboxylic acids is 2. The lowest BCUT2D eigenvalue weighted by atomic mass is 10.0. The van der Waals surface area contributed by atoms with Crippen molar-refractivity contribution in [2.24, 2.45) is 0 Å². The van der Waals surface area contributed by atoms with Gasteiger partial charge in [0.05, 0.1) is 4.90 Å². The summed E-state index contributed by atoms with van der Waals surface area (Å²) >= 11 is 0. The number of aryl methyl sites for hydroxylation is 1. The van der Waals surface area contributed by atoms with Crippen LogP contribution in [0.1, 0.15) is 31.7 Å². The van der Waals surface area contributed by atoms with Crippen LogP contribution in [0.5, 0.6) is 0 Å². The van der Waals surface area contributed by atoms with Gasteiger partial charge < -0.3 is 9.64 Å². The second-order valence-electron chi connectivity index (χ2n) is 6.23. The first-order chi connectivity index (χ1) is 11.8. The molecule has 0 saturated carbocycles. The Kier molecular flexibility index (Phi) is 6.55. The molecule has 0 aromatic heterocycles. The first-order valence-electron chi connectivity index (χ1n) is 8.31. The van der Waals surface area contributed by atoms with Crippen molar-refractivity contribution in [3.63, 3.8) is 0 Å². The van der Waals surface area contributed by atoms with Gasteiger partial charge in [0.1, 0.15) is 6.54 Å². The highest BCUT2D eigenvalue weighted by Crippen LogP contribution is 2.16. The van der Waals surface area contributed by atoms with Gasteiger partial charge in [0.2, 0.25) is 10.0 Å². The molecule has 1 fully saturated rings. The number of amides is 1. The molecule has 1 atom stereocenters. The van der Waals surface area contributed by atoms with Crippen molar-refractivity contribution in [3.8, 4) is 0 Å². The van der Waals surface area contributed by atoms with Crippen molar-refractivity contribution in [2.45, 2.75) is 44.0 Å². The van der Waals surface area contributed by atoms with Gasteiger partial charge in [0, 0.05) is 12.6 Å². The number of esters is 1. The second kappa shape index (κ2) is 8.44. The minimum atomic E-state index is -3.79. The number of benzene rings is 1. The standard InChI is InChI=1S/C17H24N2O5S/c1-13-6-8-15(9-7-13)25(22,23)18-11-17(21)24-12-16(20)19-10-4-3-5-14(19)2/h6-9,14,18H,3-5,10-12H2,1-2H3/t14-/m0/s1. The Morgan fingerprint density at radius 1 is 1.24 bits per heavy atom. The number of carbonyl (C=O) groups is 2. The minimum Gasteiger partial charge on any atom is -0.455 e. The van der Waals surface area contributed by atoms with Gasteiger partial charge in [-0.3, -0.25) is 9.59 Å². The highest BCUT2D eigenvalue weighted by atomic mass is 32.2. The Bertz CT molecular complexity index is 715. The normalized spacial score (nSPS) is 18.0. The molecule has 0 radical (unpaired) electrons. The smallest absolute Gasteiger partial charge is 0.321 e. The van der Waals surface area contributed by atoms with E-state index < -0.39 is 22.5 Å². The first kappa shape index (κ1) is 19.4. The lowest BCUT2D eigenvalue weighted by molar-refractivity contribution is -0.152. The fourth-order valence-electron chi connectivity index (χ4n) is 2.70. The molecule has 1 N–H and O–H groups in total. The average molecular weight is 368 g/mol.